The molecular weight excluding hydrogens is 320 g/mol. The maximum Gasteiger partial charge on any atom is 0.267 e. The lowest BCUT2D eigenvalue weighted by Gasteiger charge is -2.03. The lowest BCUT2D eigenvalue weighted by Crippen LogP contribution is -2.21. The van der Waals surface area contributed by atoms with Crippen LogP contribution in [0.25, 0.3) is 5.69 Å². The van der Waals surface area contributed by atoms with E-state index < -0.39 is 0 Å². The zero-order valence-corrected chi connectivity index (χ0v) is 12.1. The summed E-state index contributed by atoms with van der Waals surface area (Å²) in [5, 5.41) is 4.46. The number of para-hydroxylation sites is 1. The van der Waals surface area contributed by atoms with Gasteiger partial charge < -0.3 is 0 Å². The molecule has 0 bridgehead atoms. The van der Waals surface area contributed by atoms with Crippen LogP contribution in [0.4, 0.5) is 0 Å². The van der Waals surface area contributed by atoms with Gasteiger partial charge in [-0.25, -0.2) is 9.67 Å². The molecule has 0 aliphatic carbocycles. The van der Waals surface area contributed by atoms with Crippen molar-refractivity contribution in [2.45, 2.75) is 6.54 Å². The van der Waals surface area contributed by atoms with E-state index in [-0.39, 0.29) is 5.56 Å². The molecule has 0 saturated carbocycles. The monoisotopic (exact) mass is 330 g/mol. The van der Waals surface area contributed by atoms with Gasteiger partial charge in [0, 0.05) is 12.4 Å². The summed E-state index contributed by atoms with van der Waals surface area (Å²) in [5.74, 6) is 0. The maximum atomic E-state index is 11.9. The van der Waals surface area contributed by atoms with Gasteiger partial charge in [-0.2, -0.15) is 5.10 Å². The summed E-state index contributed by atoms with van der Waals surface area (Å²) in [5.41, 5.74) is 1.67. The Hall–Kier alpha value is -2.21. The third kappa shape index (κ3) is 2.55. The second kappa shape index (κ2) is 5.42. The first kappa shape index (κ1) is 12.8. The highest BCUT2D eigenvalue weighted by Gasteiger charge is 2.05. The first-order chi connectivity index (χ1) is 9.74. The van der Waals surface area contributed by atoms with E-state index in [9.17, 15) is 4.79 Å². The number of benzene rings is 1. The number of halogens is 1. The first-order valence-corrected chi connectivity index (χ1v) is 6.83. The van der Waals surface area contributed by atoms with Crippen LogP contribution in [-0.4, -0.2) is 19.3 Å². The molecule has 0 saturated heterocycles. The van der Waals surface area contributed by atoms with Gasteiger partial charge in [-0.3, -0.25) is 9.36 Å². The molecule has 0 radical (unpaired) electrons. The van der Waals surface area contributed by atoms with Crippen LogP contribution < -0.4 is 5.56 Å². The molecule has 0 N–H and O–H groups in total. The topological polar surface area (TPSA) is 52.7 Å². The second-order valence-corrected chi connectivity index (χ2v) is 5.12. The summed E-state index contributed by atoms with van der Waals surface area (Å²) < 4.78 is 3.75. The first-order valence-electron chi connectivity index (χ1n) is 6.04. The highest BCUT2D eigenvalue weighted by atomic mass is 79.9. The molecule has 0 fully saturated rings. The quantitative estimate of drug-likeness (QED) is 0.740. The average Bonchev–Trinajstić information content (AvgIpc) is 2.93. The van der Waals surface area contributed by atoms with Crippen molar-refractivity contribution in [2.75, 3.05) is 0 Å². The zero-order chi connectivity index (χ0) is 13.9. The highest BCUT2D eigenvalue weighted by Crippen LogP contribution is 2.07. The van der Waals surface area contributed by atoms with Crippen LogP contribution in [0.1, 0.15) is 5.69 Å². The minimum atomic E-state index is -0.116. The van der Waals surface area contributed by atoms with Crippen LogP contribution in [0.2, 0.25) is 0 Å². The fraction of sp³-hybridized carbons (Fsp3) is 0.0714. The number of nitrogens with zero attached hydrogens (tertiary/aromatic N) is 4. The minimum Gasteiger partial charge on any atom is -0.292 e. The van der Waals surface area contributed by atoms with Crippen LogP contribution in [0.15, 0.2) is 64.4 Å². The van der Waals surface area contributed by atoms with Crippen LogP contribution in [0.3, 0.4) is 0 Å². The molecule has 3 aromatic rings. The molecule has 6 heteroatoms. The lowest BCUT2D eigenvalue weighted by molar-refractivity contribution is 0.699. The van der Waals surface area contributed by atoms with Crippen molar-refractivity contribution < 1.29 is 0 Å². The van der Waals surface area contributed by atoms with E-state index in [1.54, 1.807) is 4.68 Å². The molecule has 0 spiro atoms. The molecule has 0 atom stereocenters. The van der Waals surface area contributed by atoms with Gasteiger partial charge in [-0.15, -0.1) is 0 Å². The van der Waals surface area contributed by atoms with Gasteiger partial charge in [0.2, 0.25) is 0 Å². The summed E-state index contributed by atoms with van der Waals surface area (Å²) in [6.07, 6.45) is 4.87. The largest absolute Gasteiger partial charge is 0.292 e. The lowest BCUT2D eigenvalue weighted by atomic mass is 10.3. The Labute approximate surface area is 123 Å². The molecule has 5 nitrogen and oxygen atoms in total. The fourth-order valence-corrected chi connectivity index (χ4v) is 2.23. The van der Waals surface area contributed by atoms with E-state index in [0.29, 0.717) is 11.0 Å². The number of hydrogen-bond acceptors (Lipinski definition) is 3. The molecular formula is C14H11BrN4O. The Kier molecular flexibility index (Phi) is 3.47. The molecule has 0 amide bonds. The van der Waals surface area contributed by atoms with Crippen molar-refractivity contribution in [3.63, 3.8) is 0 Å². The smallest absolute Gasteiger partial charge is 0.267 e. The summed E-state index contributed by atoms with van der Waals surface area (Å²) in [6, 6.07) is 11.7. The van der Waals surface area contributed by atoms with E-state index in [1.165, 1.54) is 17.1 Å². The van der Waals surface area contributed by atoms with E-state index in [0.717, 1.165) is 11.4 Å². The van der Waals surface area contributed by atoms with Gasteiger partial charge in [0.25, 0.3) is 5.56 Å². The summed E-state index contributed by atoms with van der Waals surface area (Å²) in [7, 11) is 0. The number of hydrogen-bond donors (Lipinski definition) is 0. The fourth-order valence-electron chi connectivity index (χ4n) is 1.88. The zero-order valence-electron chi connectivity index (χ0n) is 10.5. The summed E-state index contributed by atoms with van der Waals surface area (Å²) >= 11 is 3.18. The predicted octanol–water partition coefficient (Wildman–Crippen LogP) is 2.24. The third-order valence-corrected chi connectivity index (χ3v) is 3.40. The Bertz CT molecular complexity index is 779. The predicted molar refractivity (Wildman–Crippen MR) is 78.9 cm³/mol. The van der Waals surface area contributed by atoms with E-state index in [4.69, 9.17) is 0 Å². The second-order valence-electron chi connectivity index (χ2n) is 4.26. The van der Waals surface area contributed by atoms with Crippen molar-refractivity contribution in [1.82, 2.24) is 19.3 Å². The molecule has 100 valence electrons. The Morgan fingerprint density at radius 3 is 2.75 bits per heavy atom. The minimum absolute atomic E-state index is 0.116. The Morgan fingerprint density at radius 1 is 1.15 bits per heavy atom. The molecule has 2 aromatic heterocycles. The normalized spacial score (nSPS) is 10.7. The van der Waals surface area contributed by atoms with Crippen molar-refractivity contribution in [1.29, 1.82) is 0 Å². The van der Waals surface area contributed by atoms with Crippen LogP contribution in [0, 0.1) is 0 Å². The summed E-state index contributed by atoms with van der Waals surface area (Å²) in [6.45, 7) is 0.394. The Balaban J connectivity index is 1.88. The Morgan fingerprint density at radius 2 is 1.95 bits per heavy atom. The average molecular weight is 331 g/mol. The van der Waals surface area contributed by atoms with Gasteiger partial charge >= 0.3 is 0 Å². The molecule has 2 heterocycles. The van der Waals surface area contributed by atoms with Gasteiger partial charge in [-0.05, 0) is 34.1 Å². The SMILES string of the molecule is O=c1c(Br)cncn1Cc1ccn(-c2ccccc2)n1. The van der Waals surface area contributed by atoms with Crippen molar-refractivity contribution >= 4 is 15.9 Å². The van der Waals surface area contributed by atoms with Gasteiger partial charge in [-0.1, -0.05) is 18.2 Å². The van der Waals surface area contributed by atoms with E-state index in [2.05, 4.69) is 26.0 Å². The van der Waals surface area contributed by atoms with Crippen LogP contribution >= 0.6 is 15.9 Å². The van der Waals surface area contributed by atoms with E-state index in [1.807, 2.05) is 42.6 Å². The maximum absolute atomic E-state index is 11.9. The molecule has 20 heavy (non-hydrogen) atoms. The third-order valence-electron chi connectivity index (χ3n) is 2.86. The molecule has 1 aromatic carbocycles. The molecule has 0 unspecified atom stereocenters. The standard InChI is InChI=1S/C14H11BrN4O/c15-13-8-16-10-18(14(13)20)9-11-6-7-19(17-11)12-4-2-1-3-5-12/h1-8,10H,9H2. The van der Waals surface area contributed by atoms with E-state index >= 15 is 0 Å². The summed E-state index contributed by atoms with van der Waals surface area (Å²) in [4.78, 5) is 15.9. The molecule has 3 rings (SSSR count). The van der Waals surface area contributed by atoms with Crippen LogP contribution in [0.5, 0.6) is 0 Å². The molecule has 0 aliphatic rings. The van der Waals surface area contributed by atoms with Crippen molar-refractivity contribution in [2.24, 2.45) is 0 Å². The van der Waals surface area contributed by atoms with Crippen molar-refractivity contribution in [3.05, 3.63) is 75.6 Å². The number of rotatable bonds is 3. The van der Waals surface area contributed by atoms with Crippen molar-refractivity contribution in [3.8, 4) is 5.69 Å². The molecule has 0 aliphatic heterocycles. The van der Waals surface area contributed by atoms with Gasteiger partial charge in [0.1, 0.15) is 4.47 Å². The number of aromatic nitrogens is 4. The highest BCUT2D eigenvalue weighted by molar-refractivity contribution is 9.10. The van der Waals surface area contributed by atoms with Crippen LogP contribution in [-0.2, 0) is 6.54 Å². The van der Waals surface area contributed by atoms with Gasteiger partial charge in [0.15, 0.2) is 0 Å². The van der Waals surface area contributed by atoms with Gasteiger partial charge in [0.05, 0.1) is 24.3 Å².